The first-order valence-corrected chi connectivity index (χ1v) is 10.4. The Morgan fingerprint density at radius 3 is 2.48 bits per heavy atom. The van der Waals surface area contributed by atoms with E-state index in [2.05, 4.69) is 21.2 Å². The van der Waals surface area contributed by atoms with E-state index in [0.29, 0.717) is 10.6 Å². The molecule has 0 aliphatic carbocycles. The van der Waals surface area contributed by atoms with E-state index < -0.39 is 18.5 Å². The van der Waals surface area contributed by atoms with Crippen LogP contribution in [0.2, 0.25) is 5.02 Å². The molecule has 0 atom stereocenters. The molecule has 31 heavy (non-hydrogen) atoms. The highest BCUT2D eigenvalue weighted by atomic mass is 79.9. The van der Waals surface area contributed by atoms with E-state index in [1.54, 1.807) is 42.5 Å². The second-order valence-corrected chi connectivity index (χ2v) is 7.78. The SMILES string of the molecule is O=C(COC(=O)C=Cc1cccc(Br)c1)Nc1ccc(Cl)cc1C(=O)c1ccccc1. The summed E-state index contributed by atoms with van der Waals surface area (Å²) in [5, 5.41) is 2.96. The summed E-state index contributed by atoms with van der Waals surface area (Å²) in [6.45, 7) is -0.497. The van der Waals surface area contributed by atoms with Gasteiger partial charge in [0.25, 0.3) is 5.91 Å². The number of carbonyl (C=O) groups is 3. The average Bonchev–Trinajstić information content (AvgIpc) is 2.77. The molecule has 1 amide bonds. The van der Waals surface area contributed by atoms with E-state index >= 15 is 0 Å². The number of nitrogens with one attached hydrogen (secondary N) is 1. The van der Waals surface area contributed by atoms with E-state index in [-0.39, 0.29) is 17.0 Å². The predicted octanol–water partition coefficient (Wildman–Crippen LogP) is 5.53. The standard InChI is InChI=1S/C24H17BrClNO4/c25-18-8-4-5-16(13-18)9-12-23(29)31-15-22(28)27-21-11-10-19(26)14-20(21)24(30)17-6-2-1-3-7-17/h1-14H,15H2,(H,27,28). The summed E-state index contributed by atoms with van der Waals surface area (Å²) < 4.78 is 5.86. The Balaban J connectivity index is 1.63. The fourth-order valence-electron chi connectivity index (χ4n) is 2.70. The first-order valence-electron chi connectivity index (χ1n) is 9.22. The van der Waals surface area contributed by atoms with Gasteiger partial charge in [-0.25, -0.2) is 4.79 Å². The first kappa shape index (κ1) is 22.5. The molecule has 0 saturated heterocycles. The Morgan fingerprint density at radius 1 is 0.968 bits per heavy atom. The lowest BCUT2D eigenvalue weighted by Gasteiger charge is -2.11. The minimum absolute atomic E-state index is 0.243. The number of carbonyl (C=O) groups excluding carboxylic acids is 3. The number of ketones is 1. The molecule has 1 N–H and O–H groups in total. The lowest BCUT2D eigenvalue weighted by molar-refractivity contribution is -0.142. The minimum atomic E-state index is -0.660. The van der Waals surface area contributed by atoms with Crippen molar-refractivity contribution in [1.82, 2.24) is 0 Å². The Labute approximate surface area is 192 Å². The van der Waals surface area contributed by atoms with Crippen LogP contribution in [0.4, 0.5) is 5.69 Å². The van der Waals surface area contributed by atoms with Crippen LogP contribution in [0.25, 0.3) is 6.08 Å². The molecule has 0 aliphatic rings. The van der Waals surface area contributed by atoms with Gasteiger partial charge in [0.1, 0.15) is 0 Å². The van der Waals surface area contributed by atoms with Gasteiger partial charge < -0.3 is 10.1 Å². The highest BCUT2D eigenvalue weighted by Gasteiger charge is 2.16. The van der Waals surface area contributed by atoms with Gasteiger partial charge in [-0.2, -0.15) is 0 Å². The summed E-state index contributed by atoms with van der Waals surface area (Å²) in [6, 6.07) is 20.6. The number of anilines is 1. The van der Waals surface area contributed by atoms with Crippen molar-refractivity contribution in [1.29, 1.82) is 0 Å². The summed E-state index contributed by atoms with van der Waals surface area (Å²) in [7, 11) is 0. The third kappa shape index (κ3) is 6.64. The van der Waals surface area contributed by atoms with E-state index in [1.807, 2.05) is 24.3 Å². The van der Waals surface area contributed by atoms with Crippen LogP contribution < -0.4 is 5.32 Å². The number of ether oxygens (including phenoxy) is 1. The summed E-state index contributed by atoms with van der Waals surface area (Å²) in [6.07, 6.45) is 2.82. The van der Waals surface area contributed by atoms with Gasteiger partial charge in [-0.05, 0) is 42.0 Å². The molecule has 5 nitrogen and oxygen atoms in total. The van der Waals surface area contributed by atoms with Crippen molar-refractivity contribution in [2.45, 2.75) is 0 Å². The third-order valence-corrected chi connectivity index (χ3v) is 4.87. The quantitative estimate of drug-likeness (QED) is 0.264. The molecular weight excluding hydrogens is 482 g/mol. The van der Waals surface area contributed by atoms with Crippen LogP contribution in [-0.4, -0.2) is 24.3 Å². The van der Waals surface area contributed by atoms with Crippen molar-refractivity contribution in [3.8, 4) is 0 Å². The highest BCUT2D eigenvalue weighted by Crippen LogP contribution is 2.23. The molecule has 0 heterocycles. The predicted molar refractivity (Wildman–Crippen MR) is 124 cm³/mol. The van der Waals surface area contributed by atoms with Gasteiger partial charge in [0, 0.05) is 26.7 Å². The summed E-state index contributed by atoms with van der Waals surface area (Å²) in [5.41, 5.74) is 1.79. The second kappa shape index (κ2) is 10.7. The molecular formula is C24H17BrClNO4. The average molecular weight is 499 g/mol. The van der Waals surface area contributed by atoms with E-state index in [0.717, 1.165) is 10.0 Å². The number of benzene rings is 3. The molecule has 0 aromatic heterocycles. The second-order valence-electron chi connectivity index (χ2n) is 6.43. The molecule has 7 heteroatoms. The van der Waals surface area contributed by atoms with Crippen molar-refractivity contribution in [2.75, 3.05) is 11.9 Å². The lowest BCUT2D eigenvalue weighted by Crippen LogP contribution is -2.21. The maximum absolute atomic E-state index is 12.8. The number of hydrogen-bond acceptors (Lipinski definition) is 4. The van der Waals surface area contributed by atoms with Crippen molar-refractivity contribution >= 4 is 57.0 Å². The van der Waals surface area contributed by atoms with Crippen LogP contribution in [0, 0.1) is 0 Å². The maximum Gasteiger partial charge on any atom is 0.331 e. The Bertz CT molecular complexity index is 1150. The van der Waals surface area contributed by atoms with Crippen LogP contribution in [0.3, 0.4) is 0 Å². The number of halogens is 2. The molecule has 0 fully saturated rings. The molecule has 0 aliphatic heterocycles. The minimum Gasteiger partial charge on any atom is -0.452 e. The Hall–Kier alpha value is -3.22. The maximum atomic E-state index is 12.8. The fourth-order valence-corrected chi connectivity index (χ4v) is 3.29. The van der Waals surface area contributed by atoms with Crippen LogP contribution in [0.1, 0.15) is 21.5 Å². The largest absolute Gasteiger partial charge is 0.452 e. The summed E-state index contributed by atoms with van der Waals surface area (Å²) in [4.78, 5) is 37.0. The van der Waals surface area contributed by atoms with Gasteiger partial charge in [-0.3, -0.25) is 9.59 Å². The topological polar surface area (TPSA) is 72.5 Å². The van der Waals surface area contributed by atoms with Crippen molar-refractivity contribution in [3.63, 3.8) is 0 Å². The monoisotopic (exact) mass is 497 g/mol. The third-order valence-electron chi connectivity index (χ3n) is 4.14. The molecule has 3 rings (SSSR count). The highest BCUT2D eigenvalue weighted by molar-refractivity contribution is 9.10. The van der Waals surface area contributed by atoms with E-state index in [4.69, 9.17) is 16.3 Å². The zero-order valence-electron chi connectivity index (χ0n) is 16.2. The number of hydrogen-bond donors (Lipinski definition) is 1. The summed E-state index contributed by atoms with van der Waals surface area (Å²) in [5.74, 6) is -1.52. The van der Waals surface area contributed by atoms with Crippen LogP contribution >= 0.6 is 27.5 Å². The molecule has 0 spiro atoms. The van der Waals surface area contributed by atoms with Crippen molar-refractivity contribution in [2.24, 2.45) is 0 Å². The van der Waals surface area contributed by atoms with Crippen LogP contribution in [-0.2, 0) is 14.3 Å². The lowest BCUT2D eigenvalue weighted by atomic mass is 10.0. The van der Waals surface area contributed by atoms with Crippen molar-refractivity contribution in [3.05, 3.63) is 105 Å². The van der Waals surface area contributed by atoms with Crippen molar-refractivity contribution < 1.29 is 19.1 Å². The normalized spacial score (nSPS) is 10.6. The summed E-state index contributed by atoms with van der Waals surface area (Å²) >= 11 is 9.39. The molecule has 0 unspecified atom stereocenters. The van der Waals surface area contributed by atoms with Gasteiger partial charge >= 0.3 is 5.97 Å². The van der Waals surface area contributed by atoms with E-state index in [1.165, 1.54) is 18.2 Å². The number of amides is 1. The van der Waals surface area contributed by atoms with Gasteiger partial charge in [-0.1, -0.05) is 70.0 Å². The molecule has 156 valence electrons. The van der Waals surface area contributed by atoms with Gasteiger partial charge in [-0.15, -0.1) is 0 Å². The zero-order chi connectivity index (χ0) is 22.2. The molecule has 3 aromatic carbocycles. The molecule has 0 bridgehead atoms. The Morgan fingerprint density at radius 2 is 1.74 bits per heavy atom. The van der Waals surface area contributed by atoms with E-state index in [9.17, 15) is 14.4 Å². The molecule has 0 radical (unpaired) electrons. The van der Waals surface area contributed by atoms with Gasteiger partial charge in [0.15, 0.2) is 12.4 Å². The van der Waals surface area contributed by atoms with Crippen LogP contribution in [0.5, 0.6) is 0 Å². The van der Waals surface area contributed by atoms with Gasteiger partial charge in [0.2, 0.25) is 0 Å². The van der Waals surface area contributed by atoms with Crippen LogP contribution in [0.15, 0.2) is 83.3 Å². The first-order chi connectivity index (χ1) is 14.9. The molecule has 0 saturated carbocycles. The molecule has 3 aromatic rings. The zero-order valence-corrected chi connectivity index (χ0v) is 18.5. The number of rotatable bonds is 7. The Kier molecular flexibility index (Phi) is 7.76. The fraction of sp³-hybridized carbons (Fsp3) is 0.0417. The number of esters is 1. The van der Waals surface area contributed by atoms with Gasteiger partial charge in [0.05, 0.1) is 5.69 Å². The smallest absolute Gasteiger partial charge is 0.331 e.